The molecule has 0 radical (unpaired) electrons. The van der Waals surface area contributed by atoms with E-state index in [1.807, 2.05) is 6.92 Å². The zero-order valence-electron chi connectivity index (χ0n) is 10.9. The van der Waals surface area contributed by atoms with Gasteiger partial charge in [0.15, 0.2) is 0 Å². The van der Waals surface area contributed by atoms with Gasteiger partial charge in [0.05, 0.1) is 5.41 Å². The number of allylic oxidation sites excluding steroid dienone is 2. The summed E-state index contributed by atoms with van der Waals surface area (Å²) < 4.78 is 2.80. The number of halogens is 1. The monoisotopic (exact) mass is 338 g/mol. The third-order valence-electron chi connectivity index (χ3n) is 2.38. The maximum atomic E-state index is 10.8. The summed E-state index contributed by atoms with van der Waals surface area (Å²) in [5.74, 6) is 0.811. The zero-order chi connectivity index (χ0) is 14.2. The van der Waals surface area contributed by atoms with Crippen LogP contribution >= 0.6 is 0 Å². The summed E-state index contributed by atoms with van der Waals surface area (Å²) in [6.07, 6.45) is 5.42. The summed E-state index contributed by atoms with van der Waals surface area (Å²) in [4.78, 5) is 21.3. The van der Waals surface area contributed by atoms with Crippen molar-refractivity contribution < 1.29 is 36.8 Å². The first kappa shape index (κ1) is 20.5. The Balaban J connectivity index is 0. The number of rotatable bonds is 2. The molecule has 1 atom stereocenters. The predicted molar refractivity (Wildman–Crippen MR) is 69.0 cm³/mol. The molecule has 0 saturated heterocycles. The molecule has 0 amide bonds. The van der Waals surface area contributed by atoms with Gasteiger partial charge in [-0.05, 0) is 13.3 Å². The molecule has 1 aliphatic carbocycles. The van der Waals surface area contributed by atoms with Gasteiger partial charge in [-0.2, -0.15) is 0 Å². The van der Waals surface area contributed by atoms with E-state index in [4.69, 9.17) is 10.2 Å². The summed E-state index contributed by atoms with van der Waals surface area (Å²) in [5.41, 5.74) is -0.949. The van der Waals surface area contributed by atoms with Gasteiger partial charge < -0.3 is 27.2 Å². The molecular formula is C13H15BrMgO4. The van der Waals surface area contributed by atoms with Gasteiger partial charge in [-0.25, -0.2) is 4.79 Å². The van der Waals surface area contributed by atoms with Crippen molar-refractivity contribution in [2.45, 2.75) is 26.7 Å². The molecule has 0 aliphatic heterocycles. The molecule has 6 heteroatoms. The normalized spacial score (nSPS) is 19.7. The van der Waals surface area contributed by atoms with Gasteiger partial charge in [0.25, 0.3) is 0 Å². The summed E-state index contributed by atoms with van der Waals surface area (Å²) in [6.45, 7) is 3.54. The molecule has 4 nitrogen and oxygen atoms in total. The molecule has 0 spiro atoms. The molecule has 0 bridgehead atoms. The summed E-state index contributed by atoms with van der Waals surface area (Å²) >= 11 is 1.69. The van der Waals surface area contributed by atoms with Crippen molar-refractivity contribution in [3.05, 3.63) is 23.8 Å². The molecule has 100 valence electrons. The number of hydrogen-bond acceptors (Lipinski definition) is 2. The van der Waals surface area contributed by atoms with Crippen LogP contribution in [0.1, 0.15) is 26.7 Å². The third kappa shape index (κ3) is 7.40. The van der Waals surface area contributed by atoms with Gasteiger partial charge in [-0.3, -0.25) is 4.79 Å². The second kappa shape index (κ2) is 10.1. The van der Waals surface area contributed by atoms with Crippen LogP contribution in [0.15, 0.2) is 23.8 Å². The fourth-order valence-electron chi connectivity index (χ4n) is 1.31. The van der Waals surface area contributed by atoms with Crippen molar-refractivity contribution in [1.29, 1.82) is 0 Å². The summed E-state index contributed by atoms with van der Waals surface area (Å²) in [6, 6.07) is 0. The van der Waals surface area contributed by atoms with Crippen molar-refractivity contribution in [3.8, 4) is 9.97 Å². The Kier molecular flexibility index (Phi) is 10.9. The van der Waals surface area contributed by atoms with Gasteiger partial charge in [0.2, 0.25) is 0 Å². The molecule has 0 saturated carbocycles. The minimum absolute atomic E-state index is 0. The number of hydrogen-bond donors (Lipinski definition) is 2. The van der Waals surface area contributed by atoms with Crippen LogP contribution in [0.25, 0.3) is 0 Å². The largest absolute Gasteiger partial charge is 1.00 e. The van der Waals surface area contributed by atoms with Crippen LogP contribution in [0.4, 0.5) is 0 Å². The van der Waals surface area contributed by atoms with Crippen molar-refractivity contribution in [3.63, 3.8) is 0 Å². The molecule has 0 aromatic carbocycles. The van der Waals surface area contributed by atoms with Crippen LogP contribution in [-0.4, -0.2) is 43.9 Å². The van der Waals surface area contributed by atoms with E-state index in [1.165, 1.54) is 25.2 Å². The van der Waals surface area contributed by atoms with Crippen LogP contribution < -0.4 is 17.0 Å². The van der Waals surface area contributed by atoms with Crippen molar-refractivity contribution in [2.24, 2.45) is 5.41 Å². The molecule has 0 aromatic rings. The van der Waals surface area contributed by atoms with Crippen molar-refractivity contribution >= 4 is 33.6 Å². The summed E-state index contributed by atoms with van der Waals surface area (Å²) in [5, 5.41) is 17.5. The van der Waals surface area contributed by atoms with E-state index in [2.05, 4.69) is 9.97 Å². The first-order valence-electron chi connectivity index (χ1n) is 5.47. The van der Waals surface area contributed by atoms with E-state index in [0.29, 0.717) is 0 Å². The number of carboxylic acids is 2. The van der Waals surface area contributed by atoms with Gasteiger partial charge in [-0.15, -0.1) is 0 Å². The first-order valence-corrected chi connectivity index (χ1v) is 6.18. The van der Waals surface area contributed by atoms with Crippen molar-refractivity contribution in [1.82, 2.24) is 0 Å². The maximum absolute atomic E-state index is 10.8. The topological polar surface area (TPSA) is 74.6 Å². The second-order valence-corrected chi connectivity index (χ2v) is 4.32. The number of carboxylic acid groups (broad SMARTS) is 2. The van der Waals surface area contributed by atoms with Crippen LogP contribution in [0.2, 0.25) is 0 Å². The fourth-order valence-corrected chi connectivity index (χ4v) is 1.56. The molecule has 1 rings (SSSR count). The second-order valence-electron chi connectivity index (χ2n) is 3.96. The molecule has 0 fully saturated rings. The Morgan fingerprint density at radius 3 is 2.37 bits per heavy atom. The Morgan fingerprint density at radius 1 is 1.47 bits per heavy atom. The quantitative estimate of drug-likeness (QED) is 0.478. The minimum Gasteiger partial charge on any atom is -1.00 e. The van der Waals surface area contributed by atoms with Crippen LogP contribution in [0.5, 0.6) is 0 Å². The van der Waals surface area contributed by atoms with E-state index in [1.54, 1.807) is 21.7 Å². The van der Waals surface area contributed by atoms with Crippen LogP contribution in [0, 0.1) is 15.4 Å². The Bertz CT molecular complexity index is 445. The van der Waals surface area contributed by atoms with E-state index < -0.39 is 17.4 Å². The van der Waals surface area contributed by atoms with E-state index in [0.717, 1.165) is 6.42 Å². The first-order chi connectivity index (χ1) is 8.37. The standard InChI is InChI=1S/C9H10O4.C4H5.BrH.Mg/c1-9(8(12)13)4-2-3-6(5-9)7(10)11;1-3-4-2;;/h2-4H,5H2,1H3,(H,10,11)(H,12,13);3H2,1H3;1H;/q;;;+1/p-1. The van der Waals surface area contributed by atoms with E-state index >= 15 is 0 Å². The van der Waals surface area contributed by atoms with E-state index in [9.17, 15) is 9.59 Å². The SMILES string of the molecule is CC1(C(=O)O)C=CC=C(C(=O)O)C1.CCC#[C][Mg+].[Br-]. The number of carbonyl (C=O) groups is 2. The third-order valence-corrected chi connectivity index (χ3v) is 2.63. The molecule has 0 heterocycles. The summed E-state index contributed by atoms with van der Waals surface area (Å²) in [7, 11) is 0. The van der Waals surface area contributed by atoms with Gasteiger partial charge in [-0.1, -0.05) is 18.2 Å². The van der Waals surface area contributed by atoms with Gasteiger partial charge in [0.1, 0.15) is 0 Å². The van der Waals surface area contributed by atoms with Crippen molar-refractivity contribution in [2.75, 3.05) is 0 Å². The van der Waals surface area contributed by atoms with Gasteiger partial charge >= 0.3 is 57.0 Å². The maximum Gasteiger partial charge on any atom is -1.00 e. The Hall–Kier alpha value is -0.774. The van der Waals surface area contributed by atoms with Crippen LogP contribution in [-0.2, 0) is 9.59 Å². The average molecular weight is 339 g/mol. The molecular weight excluding hydrogens is 324 g/mol. The fraction of sp³-hybridized carbons (Fsp3) is 0.385. The smallest absolute Gasteiger partial charge is 1.00 e. The number of aliphatic carboxylic acids is 2. The zero-order valence-corrected chi connectivity index (χ0v) is 13.9. The average Bonchev–Trinajstić information content (AvgIpc) is 2.30. The van der Waals surface area contributed by atoms with Crippen LogP contribution in [0.3, 0.4) is 0 Å². The predicted octanol–water partition coefficient (Wildman–Crippen LogP) is -1.42. The van der Waals surface area contributed by atoms with Gasteiger partial charge in [0, 0.05) is 5.57 Å². The van der Waals surface area contributed by atoms with E-state index in [-0.39, 0.29) is 29.0 Å². The molecule has 1 aliphatic rings. The molecule has 1 unspecified atom stereocenters. The molecule has 19 heavy (non-hydrogen) atoms. The Morgan fingerprint density at radius 2 is 2.05 bits per heavy atom. The minimum atomic E-state index is -1.08. The molecule has 2 N–H and O–H groups in total. The molecule has 0 aromatic heterocycles. The Labute approximate surface area is 136 Å².